The number of carboxylic acids is 1. The highest BCUT2D eigenvalue weighted by atomic mass is 35.5. The topological polar surface area (TPSA) is 63.5 Å². The number of nitrogens with one attached hydrogen (secondary N) is 1. The predicted octanol–water partition coefficient (Wildman–Crippen LogP) is 5.52. The van der Waals surface area contributed by atoms with Gasteiger partial charge in [0.05, 0.1) is 19.2 Å². The first-order chi connectivity index (χ1) is 16.0. The second-order valence-electron chi connectivity index (χ2n) is 7.75. The standard InChI is InChI=1S/C26H24ClFN2O3/c1-33-20-10-11-21-22(15-29-13-12-17-6-8-19(27)9-7-17)25(26(31)32)30(24(21)14-20)16-18-4-2-3-5-23(18)28/h2-11,14,29H,12-13,15-16H2,1H3,(H,31,32). The Balaban J connectivity index is 1.67. The first-order valence-corrected chi connectivity index (χ1v) is 11.0. The van der Waals surface area contributed by atoms with Gasteiger partial charge in [-0.25, -0.2) is 9.18 Å². The molecule has 0 saturated carbocycles. The summed E-state index contributed by atoms with van der Waals surface area (Å²) in [7, 11) is 1.56. The highest BCUT2D eigenvalue weighted by molar-refractivity contribution is 6.30. The summed E-state index contributed by atoms with van der Waals surface area (Å²) in [5, 5.41) is 14.9. The highest BCUT2D eigenvalue weighted by Gasteiger charge is 2.23. The van der Waals surface area contributed by atoms with Crippen LogP contribution in [0.4, 0.5) is 4.39 Å². The molecule has 170 valence electrons. The monoisotopic (exact) mass is 466 g/mol. The van der Waals surface area contributed by atoms with Crippen LogP contribution in [0.15, 0.2) is 66.7 Å². The van der Waals surface area contributed by atoms with Crippen molar-refractivity contribution in [3.05, 3.63) is 100.0 Å². The summed E-state index contributed by atoms with van der Waals surface area (Å²) in [5.41, 5.74) is 3.04. The van der Waals surface area contributed by atoms with Gasteiger partial charge in [-0.1, -0.05) is 41.9 Å². The fourth-order valence-electron chi connectivity index (χ4n) is 4.01. The van der Waals surface area contributed by atoms with Gasteiger partial charge in [-0.15, -0.1) is 0 Å². The third-order valence-electron chi connectivity index (χ3n) is 5.67. The van der Waals surface area contributed by atoms with Crippen LogP contribution < -0.4 is 10.1 Å². The van der Waals surface area contributed by atoms with E-state index in [1.54, 1.807) is 42.0 Å². The van der Waals surface area contributed by atoms with E-state index < -0.39 is 5.97 Å². The quantitative estimate of drug-likeness (QED) is 0.319. The molecule has 3 aromatic carbocycles. The van der Waals surface area contributed by atoms with Crippen molar-refractivity contribution in [2.24, 2.45) is 0 Å². The van der Waals surface area contributed by atoms with E-state index in [1.165, 1.54) is 6.07 Å². The van der Waals surface area contributed by atoms with Gasteiger partial charge in [-0.2, -0.15) is 0 Å². The maximum atomic E-state index is 14.4. The Hall–Kier alpha value is -3.35. The van der Waals surface area contributed by atoms with Gasteiger partial charge >= 0.3 is 5.97 Å². The number of rotatable bonds is 9. The van der Waals surface area contributed by atoms with Crippen molar-refractivity contribution < 1.29 is 19.0 Å². The molecule has 0 radical (unpaired) electrons. The van der Waals surface area contributed by atoms with Crippen LogP contribution in [0.25, 0.3) is 10.9 Å². The number of aromatic nitrogens is 1. The number of hydrogen-bond acceptors (Lipinski definition) is 3. The van der Waals surface area contributed by atoms with Gasteiger partial charge in [0, 0.05) is 34.1 Å². The molecule has 0 unspecified atom stereocenters. The number of ether oxygens (including phenoxy) is 1. The van der Waals surface area contributed by atoms with Gasteiger partial charge in [0.15, 0.2) is 0 Å². The normalized spacial score (nSPS) is 11.1. The number of benzene rings is 3. The number of halogens is 2. The zero-order valence-corrected chi connectivity index (χ0v) is 18.9. The van der Waals surface area contributed by atoms with Crippen molar-refractivity contribution in [1.82, 2.24) is 9.88 Å². The van der Waals surface area contributed by atoms with Crippen molar-refractivity contribution in [1.29, 1.82) is 0 Å². The zero-order chi connectivity index (χ0) is 23.4. The van der Waals surface area contributed by atoms with Crippen LogP contribution in [-0.2, 0) is 19.5 Å². The highest BCUT2D eigenvalue weighted by Crippen LogP contribution is 2.31. The smallest absolute Gasteiger partial charge is 0.352 e. The molecule has 0 amide bonds. The number of carboxylic acid groups (broad SMARTS) is 1. The van der Waals surface area contributed by atoms with Crippen LogP contribution in [0.2, 0.25) is 5.02 Å². The molecule has 0 aliphatic carbocycles. The maximum Gasteiger partial charge on any atom is 0.352 e. The summed E-state index contributed by atoms with van der Waals surface area (Å²) in [6, 6.07) is 19.5. The molecule has 33 heavy (non-hydrogen) atoms. The van der Waals surface area contributed by atoms with E-state index in [0.29, 0.717) is 40.5 Å². The Morgan fingerprint density at radius 2 is 1.88 bits per heavy atom. The van der Waals surface area contributed by atoms with Crippen LogP contribution in [0.5, 0.6) is 5.75 Å². The molecule has 0 bridgehead atoms. The molecule has 2 N–H and O–H groups in total. The summed E-state index contributed by atoms with van der Waals surface area (Å²) >= 11 is 5.94. The fourth-order valence-corrected chi connectivity index (χ4v) is 4.14. The van der Waals surface area contributed by atoms with E-state index in [4.69, 9.17) is 16.3 Å². The lowest BCUT2D eigenvalue weighted by atomic mass is 10.1. The number of methoxy groups -OCH3 is 1. The van der Waals surface area contributed by atoms with Crippen LogP contribution in [-0.4, -0.2) is 29.3 Å². The molecule has 0 spiro atoms. The molecule has 0 aliphatic heterocycles. The molecule has 1 heterocycles. The van der Waals surface area contributed by atoms with Gasteiger partial charge in [0.2, 0.25) is 0 Å². The van der Waals surface area contributed by atoms with Crippen LogP contribution in [0.3, 0.4) is 0 Å². The SMILES string of the molecule is COc1ccc2c(CNCCc3ccc(Cl)cc3)c(C(=O)O)n(Cc3ccccc3F)c2c1. The molecule has 0 aliphatic rings. The van der Waals surface area contributed by atoms with E-state index >= 15 is 0 Å². The van der Waals surface area contributed by atoms with Gasteiger partial charge in [-0.05, 0) is 48.9 Å². The Labute approximate surface area is 196 Å². The van der Waals surface area contributed by atoms with E-state index in [0.717, 1.165) is 17.4 Å². The molecular weight excluding hydrogens is 443 g/mol. The van der Waals surface area contributed by atoms with Crippen molar-refractivity contribution in [2.45, 2.75) is 19.5 Å². The molecule has 4 rings (SSSR count). The Morgan fingerprint density at radius 3 is 2.58 bits per heavy atom. The van der Waals surface area contributed by atoms with Gasteiger partial charge in [0.25, 0.3) is 0 Å². The second kappa shape index (κ2) is 10.1. The predicted molar refractivity (Wildman–Crippen MR) is 128 cm³/mol. The Kier molecular flexibility index (Phi) is 6.96. The van der Waals surface area contributed by atoms with E-state index in [-0.39, 0.29) is 18.1 Å². The van der Waals surface area contributed by atoms with Gasteiger partial charge in [0.1, 0.15) is 17.3 Å². The minimum absolute atomic E-state index is 0.0999. The average Bonchev–Trinajstić information content (AvgIpc) is 3.12. The third kappa shape index (κ3) is 5.02. The van der Waals surface area contributed by atoms with Crippen molar-refractivity contribution in [3.63, 3.8) is 0 Å². The molecule has 0 fully saturated rings. The van der Waals surface area contributed by atoms with Crippen LogP contribution in [0, 0.1) is 5.82 Å². The number of hydrogen-bond donors (Lipinski definition) is 2. The maximum absolute atomic E-state index is 14.4. The fraction of sp³-hybridized carbons (Fsp3) is 0.192. The van der Waals surface area contributed by atoms with Crippen molar-refractivity contribution in [3.8, 4) is 5.75 Å². The largest absolute Gasteiger partial charge is 0.497 e. The molecule has 4 aromatic rings. The molecule has 0 saturated heterocycles. The number of nitrogens with zero attached hydrogens (tertiary/aromatic N) is 1. The average molecular weight is 467 g/mol. The third-order valence-corrected chi connectivity index (χ3v) is 5.92. The molecule has 0 atom stereocenters. The Morgan fingerprint density at radius 1 is 1.12 bits per heavy atom. The van der Waals surface area contributed by atoms with Gasteiger partial charge in [-0.3, -0.25) is 0 Å². The lowest BCUT2D eigenvalue weighted by Crippen LogP contribution is -2.19. The lowest BCUT2D eigenvalue weighted by Gasteiger charge is -2.11. The van der Waals surface area contributed by atoms with Crippen molar-refractivity contribution >= 4 is 28.5 Å². The lowest BCUT2D eigenvalue weighted by molar-refractivity contribution is 0.0684. The Bertz CT molecular complexity index is 1280. The molecule has 7 heteroatoms. The molecule has 5 nitrogen and oxygen atoms in total. The number of fused-ring (bicyclic) bond motifs is 1. The summed E-state index contributed by atoms with van der Waals surface area (Å²) in [4.78, 5) is 12.3. The summed E-state index contributed by atoms with van der Waals surface area (Å²) in [5.74, 6) is -0.828. The summed E-state index contributed by atoms with van der Waals surface area (Å²) < 4.78 is 21.4. The van der Waals surface area contributed by atoms with Crippen molar-refractivity contribution in [2.75, 3.05) is 13.7 Å². The summed E-state index contributed by atoms with van der Waals surface area (Å²) in [6.07, 6.45) is 0.779. The first-order valence-electron chi connectivity index (χ1n) is 10.6. The van der Waals surface area contributed by atoms with E-state index in [2.05, 4.69) is 5.32 Å². The van der Waals surface area contributed by atoms with Gasteiger partial charge < -0.3 is 19.7 Å². The minimum atomic E-state index is -1.06. The molecular formula is C26H24ClFN2O3. The molecule has 1 aromatic heterocycles. The minimum Gasteiger partial charge on any atom is -0.497 e. The second-order valence-corrected chi connectivity index (χ2v) is 8.18. The van der Waals surface area contributed by atoms with Crippen LogP contribution in [0.1, 0.15) is 27.2 Å². The van der Waals surface area contributed by atoms with E-state index in [1.807, 2.05) is 30.3 Å². The number of aromatic carboxylic acids is 1. The zero-order valence-electron chi connectivity index (χ0n) is 18.1. The van der Waals surface area contributed by atoms with E-state index in [9.17, 15) is 14.3 Å². The first kappa shape index (κ1) is 22.8. The number of carbonyl (C=O) groups is 1. The van der Waals surface area contributed by atoms with Crippen LogP contribution >= 0.6 is 11.6 Å². The summed E-state index contributed by atoms with van der Waals surface area (Å²) in [6.45, 7) is 1.13.